The molecule has 3 rings (SSSR count). The lowest BCUT2D eigenvalue weighted by atomic mass is 10.1. The summed E-state index contributed by atoms with van der Waals surface area (Å²) in [7, 11) is -3.81. The number of carbonyl (C=O) groups is 2. The van der Waals surface area contributed by atoms with Gasteiger partial charge >= 0.3 is 0 Å². The Morgan fingerprint density at radius 2 is 1.57 bits per heavy atom. The number of amides is 2. The fourth-order valence-electron chi connectivity index (χ4n) is 4.35. The van der Waals surface area contributed by atoms with Crippen molar-refractivity contribution in [3.8, 4) is 0 Å². The van der Waals surface area contributed by atoms with E-state index in [0.717, 1.165) is 38.9 Å². The van der Waals surface area contributed by atoms with Crippen LogP contribution in [0.5, 0.6) is 0 Å². The van der Waals surface area contributed by atoms with Crippen LogP contribution in [0.4, 0.5) is 5.69 Å². The summed E-state index contributed by atoms with van der Waals surface area (Å²) in [6.45, 7) is 7.51. The molecule has 0 spiro atoms. The lowest BCUT2D eigenvalue weighted by molar-refractivity contribution is -0.140. The largest absolute Gasteiger partial charge is 0.352 e. The molecule has 8 heteroatoms. The van der Waals surface area contributed by atoms with Gasteiger partial charge in [-0.15, -0.1) is 0 Å². The molecule has 0 bridgehead atoms. The molecule has 0 unspecified atom stereocenters. The van der Waals surface area contributed by atoms with Crippen LogP contribution in [0, 0.1) is 6.92 Å². The molecule has 198 valence electrons. The summed E-state index contributed by atoms with van der Waals surface area (Å²) in [6, 6.07) is 19.8. The Morgan fingerprint density at radius 1 is 0.919 bits per heavy atom. The maximum atomic E-state index is 13.9. The van der Waals surface area contributed by atoms with Crippen LogP contribution in [0.15, 0.2) is 66.7 Å². The number of benzene rings is 3. The van der Waals surface area contributed by atoms with E-state index in [1.165, 1.54) is 4.90 Å². The molecule has 2 atom stereocenters. The highest BCUT2D eigenvalue weighted by atomic mass is 32.2. The fourth-order valence-corrected chi connectivity index (χ4v) is 5.21. The van der Waals surface area contributed by atoms with Crippen LogP contribution in [0.25, 0.3) is 10.8 Å². The number of aryl methyl sites for hydroxylation is 1. The summed E-state index contributed by atoms with van der Waals surface area (Å²) in [5.41, 5.74) is 2.33. The Balaban J connectivity index is 2.03. The van der Waals surface area contributed by atoms with Crippen molar-refractivity contribution < 1.29 is 18.0 Å². The summed E-state index contributed by atoms with van der Waals surface area (Å²) in [4.78, 5) is 28.7. The molecule has 0 fully saturated rings. The SMILES string of the molecule is CC[C@@H](C)NC(=O)[C@@H](CC)N(Cc1ccccc1C)C(=O)CN(c1cccc2ccccc12)S(C)(=O)=O. The van der Waals surface area contributed by atoms with Crippen LogP contribution in [-0.2, 0) is 26.2 Å². The summed E-state index contributed by atoms with van der Waals surface area (Å²) in [5, 5.41) is 4.60. The maximum absolute atomic E-state index is 13.9. The Labute approximate surface area is 220 Å². The molecular weight excluding hydrogens is 486 g/mol. The first-order chi connectivity index (χ1) is 17.6. The van der Waals surface area contributed by atoms with Crippen molar-refractivity contribution in [1.29, 1.82) is 0 Å². The first kappa shape index (κ1) is 28.2. The van der Waals surface area contributed by atoms with E-state index >= 15 is 0 Å². The summed E-state index contributed by atoms with van der Waals surface area (Å²) >= 11 is 0. The van der Waals surface area contributed by atoms with Crippen molar-refractivity contribution in [2.24, 2.45) is 0 Å². The Bertz CT molecular complexity index is 1350. The average Bonchev–Trinajstić information content (AvgIpc) is 2.87. The van der Waals surface area contributed by atoms with Crippen LogP contribution in [0.1, 0.15) is 44.7 Å². The lowest BCUT2D eigenvalue weighted by Gasteiger charge is -2.34. The number of sulfonamides is 1. The number of hydrogen-bond donors (Lipinski definition) is 1. The normalized spacial score (nSPS) is 13.1. The van der Waals surface area contributed by atoms with E-state index in [9.17, 15) is 18.0 Å². The van der Waals surface area contributed by atoms with E-state index in [1.807, 2.05) is 82.3 Å². The Morgan fingerprint density at radius 3 is 2.22 bits per heavy atom. The smallest absolute Gasteiger partial charge is 0.244 e. The fraction of sp³-hybridized carbons (Fsp3) is 0.379. The zero-order valence-electron chi connectivity index (χ0n) is 22.3. The monoisotopic (exact) mass is 523 g/mol. The average molecular weight is 524 g/mol. The van der Waals surface area contributed by atoms with E-state index in [4.69, 9.17) is 0 Å². The first-order valence-corrected chi connectivity index (χ1v) is 14.5. The van der Waals surface area contributed by atoms with E-state index in [1.54, 1.807) is 12.1 Å². The highest BCUT2D eigenvalue weighted by molar-refractivity contribution is 7.92. The van der Waals surface area contributed by atoms with Crippen LogP contribution < -0.4 is 9.62 Å². The van der Waals surface area contributed by atoms with Crippen molar-refractivity contribution in [2.75, 3.05) is 17.1 Å². The van der Waals surface area contributed by atoms with E-state index in [2.05, 4.69) is 5.32 Å². The number of nitrogens with one attached hydrogen (secondary N) is 1. The van der Waals surface area contributed by atoms with Crippen molar-refractivity contribution in [1.82, 2.24) is 10.2 Å². The third-order valence-corrected chi connectivity index (χ3v) is 7.83. The van der Waals surface area contributed by atoms with Crippen molar-refractivity contribution >= 4 is 38.3 Å². The third kappa shape index (κ3) is 6.89. The molecule has 7 nitrogen and oxygen atoms in total. The summed E-state index contributed by atoms with van der Waals surface area (Å²) in [5.74, 6) is -0.678. The molecule has 2 amide bonds. The number of rotatable bonds is 11. The van der Waals surface area contributed by atoms with Crippen LogP contribution in [0.3, 0.4) is 0 Å². The third-order valence-electron chi connectivity index (χ3n) is 6.70. The number of carbonyl (C=O) groups excluding carboxylic acids is 2. The molecule has 0 saturated heterocycles. The number of nitrogens with zero attached hydrogens (tertiary/aromatic N) is 2. The molecular formula is C29H37N3O4S. The second-order valence-corrected chi connectivity index (χ2v) is 11.4. The molecule has 0 saturated carbocycles. The van der Waals surface area contributed by atoms with Crippen molar-refractivity contribution in [3.05, 3.63) is 77.9 Å². The second-order valence-electron chi connectivity index (χ2n) is 9.46. The quantitative estimate of drug-likeness (QED) is 0.397. The number of fused-ring (bicyclic) bond motifs is 1. The molecule has 0 aliphatic rings. The van der Waals surface area contributed by atoms with Gasteiger partial charge in [0.05, 0.1) is 11.9 Å². The zero-order chi connectivity index (χ0) is 27.2. The molecule has 3 aromatic carbocycles. The van der Waals surface area contributed by atoms with Gasteiger partial charge in [-0.1, -0.05) is 74.5 Å². The Kier molecular flexibility index (Phi) is 9.32. The summed E-state index contributed by atoms with van der Waals surface area (Å²) < 4.78 is 27.1. The zero-order valence-corrected chi connectivity index (χ0v) is 23.1. The molecule has 0 heterocycles. The predicted molar refractivity (Wildman–Crippen MR) is 150 cm³/mol. The molecule has 3 aromatic rings. The van der Waals surface area contributed by atoms with Crippen LogP contribution >= 0.6 is 0 Å². The first-order valence-electron chi connectivity index (χ1n) is 12.7. The van der Waals surface area contributed by atoms with Gasteiger partial charge in [0.1, 0.15) is 12.6 Å². The van der Waals surface area contributed by atoms with Gasteiger partial charge in [0.25, 0.3) is 0 Å². The number of anilines is 1. The van der Waals surface area contributed by atoms with Gasteiger partial charge in [-0.05, 0) is 49.3 Å². The molecule has 0 aromatic heterocycles. The lowest BCUT2D eigenvalue weighted by Crippen LogP contribution is -2.53. The Hall–Kier alpha value is -3.39. The minimum absolute atomic E-state index is 0.0415. The summed E-state index contributed by atoms with van der Waals surface area (Å²) in [6.07, 6.45) is 2.25. The molecule has 0 aliphatic carbocycles. The molecule has 0 radical (unpaired) electrons. The van der Waals surface area contributed by atoms with Crippen molar-refractivity contribution in [2.45, 2.75) is 59.2 Å². The molecule has 0 aliphatic heterocycles. The standard InChI is InChI=1S/C29H37N3O4S/c1-6-22(4)30-29(34)26(7-2)31(19-24-15-9-8-13-21(24)3)28(33)20-32(37(5,35)36)27-18-12-16-23-14-10-11-17-25(23)27/h8-18,22,26H,6-7,19-20H2,1-5H3,(H,30,34)/t22-,26-/m1/s1. The maximum Gasteiger partial charge on any atom is 0.244 e. The van der Waals surface area contributed by atoms with Gasteiger partial charge < -0.3 is 10.2 Å². The van der Waals surface area contributed by atoms with E-state index in [0.29, 0.717) is 12.1 Å². The number of hydrogen-bond acceptors (Lipinski definition) is 4. The second kappa shape index (κ2) is 12.2. The van der Waals surface area contributed by atoms with Crippen LogP contribution in [-0.4, -0.2) is 50.0 Å². The highest BCUT2D eigenvalue weighted by Gasteiger charge is 2.32. The van der Waals surface area contributed by atoms with Gasteiger partial charge in [-0.25, -0.2) is 8.42 Å². The topological polar surface area (TPSA) is 86.8 Å². The molecule has 37 heavy (non-hydrogen) atoms. The van der Waals surface area contributed by atoms with Gasteiger partial charge in [0.15, 0.2) is 0 Å². The van der Waals surface area contributed by atoms with E-state index < -0.39 is 28.5 Å². The minimum Gasteiger partial charge on any atom is -0.352 e. The van der Waals surface area contributed by atoms with E-state index in [-0.39, 0.29) is 18.5 Å². The van der Waals surface area contributed by atoms with Gasteiger partial charge in [0, 0.05) is 18.0 Å². The minimum atomic E-state index is -3.81. The van der Waals surface area contributed by atoms with Gasteiger partial charge in [0.2, 0.25) is 21.8 Å². The van der Waals surface area contributed by atoms with Crippen LogP contribution in [0.2, 0.25) is 0 Å². The van der Waals surface area contributed by atoms with Gasteiger partial charge in [-0.2, -0.15) is 0 Å². The molecule has 1 N–H and O–H groups in total. The van der Waals surface area contributed by atoms with Crippen molar-refractivity contribution in [3.63, 3.8) is 0 Å². The predicted octanol–water partition coefficient (Wildman–Crippen LogP) is 4.64. The van der Waals surface area contributed by atoms with Gasteiger partial charge in [-0.3, -0.25) is 13.9 Å². The highest BCUT2D eigenvalue weighted by Crippen LogP contribution is 2.29.